The van der Waals surface area contributed by atoms with Gasteiger partial charge in [0.15, 0.2) is 0 Å². The molecule has 1 rings (SSSR count). The van der Waals surface area contributed by atoms with Gasteiger partial charge in [-0.25, -0.2) is 8.78 Å². The van der Waals surface area contributed by atoms with Gasteiger partial charge in [0.05, 0.1) is 0 Å². The van der Waals surface area contributed by atoms with Crippen molar-refractivity contribution in [1.29, 1.82) is 0 Å². The summed E-state index contributed by atoms with van der Waals surface area (Å²) in [6.07, 6.45) is -5.80. The second kappa shape index (κ2) is 5.42. The summed E-state index contributed by atoms with van der Waals surface area (Å²) in [5, 5.41) is 0. The van der Waals surface area contributed by atoms with Gasteiger partial charge in [-0.2, -0.15) is 13.2 Å². The number of halogens is 5. The van der Waals surface area contributed by atoms with Crippen LogP contribution in [0.4, 0.5) is 22.0 Å². The molecule has 7 heteroatoms. The van der Waals surface area contributed by atoms with Gasteiger partial charge in [0, 0.05) is 18.5 Å². The van der Waals surface area contributed by atoms with Gasteiger partial charge in [0.1, 0.15) is 11.6 Å². The summed E-state index contributed by atoms with van der Waals surface area (Å²) in [7, 11) is 0. The minimum absolute atomic E-state index is 0.0502. The fourth-order valence-corrected chi connectivity index (χ4v) is 1.43. The lowest BCUT2D eigenvalue weighted by Crippen LogP contribution is -2.29. The maximum atomic E-state index is 12.9. The molecule has 1 aromatic rings. The Morgan fingerprint density at radius 3 is 2.06 bits per heavy atom. The second-order valence-electron chi connectivity index (χ2n) is 3.58. The number of alkyl halides is 3. The third kappa shape index (κ3) is 4.66. The van der Waals surface area contributed by atoms with E-state index in [1.165, 1.54) is 0 Å². The summed E-state index contributed by atoms with van der Waals surface area (Å²) >= 11 is 0. The third-order valence-electron chi connectivity index (χ3n) is 2.20. The topological polar surface area (TPSA) is 38.0 Å². The number of nitrogens with one attached hydrogen (secondary N) is 1. The van der Waals surface area contributed by atoms with Crippen LogP contribution in [0.3, 0.4) is 0 Å². The van der Waals surface area contributed by atoms with Crippen molar-refractivity contribution >= 4 is 0 Å². The minimum atomic E-state index is -4.33. The van der Waals surface area contributed by atoms with E-state index in [4.69, 9.17) is 5.84 Å². The van der Waals surface area contributed by atoms with Crippen LogP contribution in [-0.4, -0.2) is 6.18 Å². The SMILES string of the molecule is NNC(CCC(F)(F)F)c1cc(F)cc(F)c1. The monoisotopic (exact) mass is 254 g/mol. The molecule has 0 amide bonds. The molecule has 0 saturated carbocycles. The fraction of sp³-hybridized carbons (Fsp3) is 0.400. The average Bonchev–Trinajstić information content (AvgIpc) is 2.15. The predicted molar refractivity (Wildman–Crippen MR) is 51.7 cm³/mol. The number of nitrogens with two attached hydrogens (primary N) is 1. The van der Waals surface area contributed by atoms with Gasteiger partial charge >= 0.3 is 6.18 Å². The zero-order valence-corrected chi connectivity index (χ0v) is 8.69. The van der Waals surface area contributed by atoms with Crippen LogP contribution in [0.1, 0.15) is 24.4 Å². The summed E-state index contributed by atoms with van der Waals surface area (Å²) < 4.78 is 61.8. The fourth-order valence-electron chi connectivity index (χ4n) is 1.43. The normalized spacial score (nSPS) is 13.8. The zero-order chi connectivity index (χ0) is 13.1. The quantitative estimate of drug-likeness (QED) is 0.492. The standard InChI is InChI=1S/C10H11F5N2/c11-7-3-6(4-8(12)5-7)9(17-16)1-2-10(13,14)15/h3-5,9,17H,1-2,16H2. The Kier molecular flexibility index (Phi) is 4.41. The Hall–Kier alpha value is -1.21. The average molecular weight is 254 g/mol. The minimum Gasteiger partial charge on any atom is -0.271 e. The van der Waals surface area contributed by atoms with Crippen LogP contribution >= 0.6 is 0 Å². The highest BCUT2D eigenvalue weighted by molar-refractivity contribution is 5.21. The molecule has 1 atom stereocenters. The van der Waals surface area contributed by atoms with E-state index < -0.39 is 30.3 Å². The highest BCUT2D eigenvalue weighted by atomic mass is 19.4. The van der Waals surface area contributed by atoms with E-state index >= 15 is 0 Å². The molecule has 0 fully saturated rings. The Labute approximate surface area is 94.6 Å². The Morgan fingerprint density at radius 1 is 1.12 bits per heavy atom. The van der Waals surface area contributed by atoms with Gasteiger partial charge in [-0.1, -0.05) is 0 Å². The van der Waals surface area contributed by atoms with E-state index in [0.717, 1.165) is 12.1 Å². The van der Waals surface area contributed by atoms with Crippen LogP contribution in [0, 0.1) is 11.6 Å². The summed E-state index contributed by atoms with van der Waals surface area (Å²) in [5.41, 5.74) is 2.16. The van der Waals surface area contributed by atoms with Crippen LogP contribution in [0.25, 0.3) is 0 Å². The van der Waals surface area contributed by atoms with E-state index in [-0.39, 0.29) is 12.0 Å². The van der Waals surface area contributed by atoms with E-state index in [2.05, 4.69) is 5.43 Å². The van der Waals surface area contributed by atoms with Gasteiger partial charge in [0.25, 0.3) is 0 Å². The smallest absolute Gasteiger partial charge is 0.271 e. The van der Waals surface area contributed by atoms with Crippen molar-refractivity contribution in [3.63, 3.8) is 0 Å². The first kappa shape index (κ1) is 13.9. The third-order valence-corrected chi connectivity index (χ3v) is 2.20. The van der Waals surface area contributed by atoms with Gasteiger partial charge in [0.2, 0.25) is 0 Å². The molecular formula is C10H11F5N2. The van der Waals surface area contributed by atoms with Crippen molar-refractivity contribution in [2.45, 2.75) is 25.1 Å². The van der Waals surface area contributed by atoms with E-state index in [9.17, 15) is 22.0 Å². The molecule has 0 heterocycles. The number of benzene rings is 1. The lowest BCUT2D eigenvalue weighted by atomic mass is 10.0. The number of rotatable bonds is 4. The highest BCUT2D eigenvalue weighted by Crippen LogP contribution is 2.27. The predicted octanol–water partition coefficient (Wildman–Crippen LogP) is 2.81. The molecule has 0 spiro atoms. The molecule has 0 aliphatic carbocycles. The Morgan fingerprint density at radius 2 is 1.65 bits per heavy atom. The van der Waals surface area contributed by atoms with E-state index in [1.807, 2.05) is 0 Å². The van der Waals surface area contributed by atoms with Gasteiger partial charge < -0.3 is 0 Å². The number of hydrogen-bond donors (Lipinski definition) is 2. The van der Waals surface area contributed by atoms with Crippen molar-refractivity contribution in [2.75, 3.05) is 0 Å². The van der Waals surface area contributed by atoms with Gasteiger partial charge in [-0.05, 0) is 24.1 Å². The largest absolute Gasteiger partial charge is 0.389 e. The molecule has 1 unspecified atom stereocenters. The molecule has 96 valence electrons. The first-order valence-electron chi connectivity index (χ1n) is 4.80. The molecule has 0 bridgehead atoms. The molecule has 0 aliphatic rings. The Bertz CT molecular complexity index is 357. The van der Waals surface area contributed by atoms with Crippen molar-refractivity contribution in [3.05, 3.63) is 35.4 Å². The Balaban J connectivity index is 2.79. The van der Waals surface area contributed by atoms with E-state index in [1.54, 1.807) is 0 Å². The first-order valence-corrected chi connectivity index (χ1v) is 4.80. The van der Waals surface area contributed by atoms with Crippen LogP contribution in [0.15, 0.2) is 18.2 Å². The van der Waals surface area contributed by atoms with Crippen LogP contribution in [0.2, 0.25) is 0 Å². The number of hydrazine groups is 1. The molecule has 0 radical (unpaired) electrons. The molecule has 2 nitrogen and oxygen atoms in total. The maximum Gasteiger partial charge on any atom is 0.389 e. The molecule has 0 saturated heterocycles. The zero-order valence-electron chi connectivity index (χ0n) is 8.69. The van der Waals surface area contributed by atoms with Gasteiger partial charge in [-0.3, -0.25) is 11.3 Å². The summed E-state index contributed by atoms with van der Waals surface area (Å²) in [6, 6.07) is 1.59. The molecule has 3 N–H and O–H groups in total. The lowest BCUT2D eigenvalue weighted by molar-refractivity contribution is -0.136. The molecule has 0 aromatic heterocycles. The van der Waals surface area contributed by atoms with Crippen molar-refractivity contribution < 1.29 is 22.0 Å². The maximum absolute atomic E-state index is 12.9. The lowest BCUT2D eigenvalue weighted by Gasteiger charge is -2.17. The molecule has 0 aliphatic heterocycles. The second-order valence-corrected chi connectivity index (χ2v) is 3.58. The van der Waals surface area contributed by atoms with Crippen LogP contribution in [-0.2, 0) is 0 Å². The highest BCUT2D eigenvalue weighted by Gasteiger charge is 2.28. The van der Waals surface area contributed by atoms with Crippen molar-refractivity contribution in [2.24, 2.45) is 5.84 Å². The van der Waals surface area contributed by atoms with Gasteiger partial charge in [-0.15, -0.1) is 0 Å². The summed E-state index contributed by atoms with van der Waals surface area (Å²) in [5.74, 6) is 3.36. The summed E-state index contributed by atoms with van der Waals surface area (Å²) in [6.45, 7) is 0. The molecule has 17 heavy (non-hydrogen) atoms. The van der Waals surface area contributed by atoms with Crippen molar-refractivity contribution in [3.8, 4) is 0 Å². The van der Waals surface area contributed by atoms with E-state index in [0.29, 0.717) is 6.07 Å². The molecule has 1 aromatic carbocycles. The first-order chi connectivity index (χ1) is 7.81. The van der Waals surface area contributed by atoms with Crippen LogP contribution in [0.5, 0.6) is 0 Å². The van der Waals surface area contributed by atoms with Crippen molar-refractivity contribution in [1.82, 2.24) is 5.43 Å². The molecular weight excluding hydrogens is 243 g/mol. The van der Waals surface area contributed by atoms with Crippen LogP contribution < -0.4 is 11.3 Å². The number of hydrogen-bond acceptors (Lipinski definition) is 2. The summed E-state index contributed by atoms with van der Waals surface area (Å²) in [4.78, 5) is 0.